The fourth-order valence-corrected chi connectivity index (χ4v) is 2.63. The Morgan fingerprint density at radius 2 is 1.62 bits per heavy atom. The second-order valence-electron chi connectivity index (χ2n) is 7.37. The second-order valence-corrected chi connectivity index (χ2v) is 7.37. The molecule has 0 unspecified atom stereocenters. The normalized spacial score (nSPS) is 10.7. The summed E-state index contributed by atoms with van der Waals surface area (Å²) in [6.07, 6.45) is 3.76. The number of amides is 3. The highest BCUT2D eigenvalue weighted by Gasteiger charge is 2.12. The average Bonchev–Trinajstić information content (AvgIpc) is 2.80. The van der Waals surface area contributed by atoms with E-state index in [4.69, 9.17) is 9.47 Å². The fourth-order valence-electron chi connectivity index (χ4n) is 2.63. The lowest BCUT2D eigenvalue weighted by atomic mass is 10.1. The predicted molar refractivity (Wildman–Crippen MR) is 122 cm³/mol. The third kappa shape index (κ3) is 7.46. The van der Waals surface area contributed by atoms with Crippen LogP contribution in [-0.2, 0) is 4.79 Å². The summed E-state index contributed by atoms with van der Waals surface area (Å²) >= 11 is 0. The number of methoxy groups -OCH3 is 1. The van der Waals surface area contributed by atoms with Crippen molar-refractivity contribution >= 4 is 23.8 Å². The van der Waals surface area contributed by atoms with E-state index in [1.807, 2.05) is 0 Å². The number of ether oxygens (including phenoxy) is 2. The summed E-state index contributed by atoms with van der Waals surface area (Å²) in [5.74, 6) is 0.327. The summed E-state index contributed by atoms with van der Waals surface area (Å²) in [5.41, 5.74) is 6.25. The second kappa shape index (κ2) is 12.1. The van der Waals surface area contributed by atoms with Gasteiger partial charge in [-0.05, 0) is 54.3 Å². The molecule has 0 saturated heterocycles. The van der Waals surface area contributed by atoms with Crippen molar-refractivity contribution in [1.29, 1.82) is 0 Å². The fraction of sp³-hybridized carbons (Fsp3) is 0.292. The van der Waals surface area contributed by atoms with E-state index in [0.717, 1.165) is 12.0 Å². The van der Waals surface area contributed by atoms with Gasteiger partial charge >= 0.3 is 0 Å². The van der Waals surface area contributed by atoms with Gasteiger partial charge < -0.3 is 14.8 Å². The lowest BCUT2D eigenvalue weighted by Gasteiger charge is -2.13. The SMILES string of the molecule is CNC(=O)c1ccc(/C=C/C(=O)NNC(=O)c2ccc(OCCC(C)C)c(OC)c2)cc1. The molecule has 0 saturated carbocycles. The number of hydrogen-bond acceptors (Lipinski definition) is 5. The number of carbonyl (C=O) groups excluding carboxylic acids is 3. The Morgan fingerprint density at radius 3 is 2.25 bits per heavy atom. The van der Waals surface area contributed by atoms with Gasteiger partial charge in [-0.3, -0.25) is 25.2 Å². The lowest BCUT2D eigenvalue weighted by molar-refractivity contribution is -0.117. The third-order valence-corrected chi connectivity index (χ3v) is 4.50. The van der Waals surface area contributed by atoms with Crippen molar-refractivity contribution in [2.24, 2.45) is 5.92 Å². The van der Waals surface area contributed by atoms with Crippen LogP contribution in [0.5, 0.6) is 11.5 Å². The molecule has 0 atom stereocenters. The van der Waals surface area contributed by atoms with Crippen LogP contribution in [0.1, 0.15) is 46.5 Å². The molecule has 8 heteroatoms. The largest absolute Gasteiger partial charge is 0.493 e. The first kappa shape index (κ1) is 24.5. The molecule has 0 bridgehead atoms. The van der Waals surface area contributed by atoms with Crippen LogP contribution in [0.3, 0.4) is 0 Å². The molecule has 0 aromatic heterocycles. The van der Waals surface area contributed by atoms with Crippen LogP contribution in [0.25, 0.3) is 6.08 Å². The molecule has 8 nitrogen and oxygen atoms in total. The molecule has 0 aliphatic rings. The molecular formula is C24H29N3O5. The molecule has 0 aliphatic carbocycles. The molecular weight excluding hydrogens is 410 g/mol. The van der Waals surface area contributed by atoms with Crippen LogP contribution in [0, 0.1) is 5.92 Å². The summed E-state index contributed by atoms with van der Waals surface area (Å²) in [7, 11) is 3.06. The maximum atomic E-state index is 12.4. The van der Waals surface area contributed by atoms with Crippen LogP contribution in [0.2, 0.25) is 0 Å². The van der Waals surface area contributed by atoms with Crippen molar-refractivity contribution in [3.8, 4) is 11.5 Å². The van der Waals surface area contributed by atoms with Crippen molar-refractivity contribution in [2.75, 3.05) is 20.8 Å². The zero-order chi connectivity index (χ0) is 23.5. The molecule has 2 aromatic carbocycles. The first-order valence-electron chi connectivity index (χ1n) is 10.3. The van der Waals surface area contributed by atoms with Crippen molar-refractivity contribution in [1.82, 2.24) is 16.2 Å². The van der Waals surface area contributed by atoms with Crippen molar-refractivity contribution in [2.45, 2.75) is 20.3 Å². The zero-order valence-electron chi connectivity index (χ0n) is 18.7. The average molecular weight is 440 g/mol. The third-order valence-electron chi connectivity index (χ3n) is 4.50. The van der Waals surface area contributed by atoms with Gasteiger partial charge in [-0.1, -0.05) is 26.0 Å². The van der Waals surface area contributed by atoms with E-state index in [1.54, 1.807) is 55.6 Å². The van der Waals surface area contributed by atoms with Crippen LogP contribution in [0.15, 0.2) is 48.5 Å². The number of rotatable bonds is 9. The van der Waals surface area contributed by atoms with E-state index >= 15 is 0 Å². The van der Waals surface area contributed by atoms with Gasteiger partial charge in [-0.2, -0.15) is 0 Å². The Bertz CT molecular complexity index is 968. The lowest BCUT2D eigenvalue weighted by Crippen LogP contribution is -2.40. The summed E-state index contributed by atoms with van der Waals surface area (Å²) in [5, 5.41) is 2.54. The quantitative estimate of drug-likeness (QED) is 0.412. The highest BCUT2D eigenvalue weighted by atomic mass is 16.5. The Morgan fingerprint density at radius 1 is 0.938 bits per heavy atom. The minimum atomic E-state index is -0.505. The minimum Gasteiger partial charge on any atom is -0.493 e. The molecule has 2 rings (SSSR count). The summed E-state index contributed by atoms with van der Waals surface area (Å²) < 4.78 is 11.0. The smallest absolute Gasteiger partial charge is 0.269 e. The van der Waals surface area contributed by atoms with E-state index in [1.165, 1.54) is 13.2 Å². The van der Waals surface area contributed by atoms with Gasteiger partial charge in [0.15, 0.2) is 11.5 Å². The van der Waals surface area contributed by atoms with E-state index in [9.17, 15) is 14.4 Å². The minimum absolute atomic E-state index is 0.187. The van der Waals surface area contributed by atoms with Gasteiger partial charge in [0.05, 0.1) is 13.7 Å². The van der Waals surface area contributed by atoms with Gasteiger partial charge in [-0.15, -0.1) is 0 Å². The molecule has 0 fully saturated rings. The Hall–Kier alpha value is -3.81. The van der Waals surface area contributed by atoms with Gasteiger partial charge in [-0.25, -0.2) is 0 Å². The van der Waals surface area contributed by atoms with Crippen molar-refractivity contribution < 1.29 is 23.9 Å². The zero-order valence-corrected chi connectivity index (χ0v) is 18.7. The summed E-state index contributed by atoms with van der Waals surface area (Å²) in [6.45, 7) is 4.78. The predicted octanol–water partition coefficient (Wildman–Crippen LogP) is 2.95. The Balaban J connectivity index is 1.90. The van der Waals surface area contributed by atoms with Crippen LogP contribution < -0.4 is 25.6 Å². The monoisotopic (exact) mass is 439 g/mol. The van der Waals surface area contributed by atoms with Gasteiger partial charge in [0, 0.05) is 24.3 Å². The van der Waals surface area contributed by atoms with Crippen molar-refractivity contribution in [3.05, 3.63) is 65.2 Å². The molecule has 2 aromatic rings. The molecule has 32 heavy (non-hydrogen) atoms. The van der Waals surface area contributed by atoms with E-state index < -0.39 is 11.8 Å². The maximum absolute atomic E-state index is 12.4. The first-order valence-corrected chi connectivity index (χ1v) is 10.3. The number of carbonyl (C=O) groups is 3. The number of hydrazine groups is 1. The van der Waals surface area contributed by atoms with Gasteiger partial charge in [0.2, 0.25) is 0 Å². The van der Waals surface area contributed by atoms with Gasteiger partial charge in [0.1, 0.15) is 0 Å². The standard InChI is InChI=1S/C24H29N3O5/c1-16(2)13-14-32-20-11-10-19(15-21(20)31-4)24(30)27-26-22(28)12-7-17-5-8-18(9-6-17)23(29)25-3/h5-12,15-16H,13-14H2,1-4H3,(H,25,29)(H,26,28)(H,27,30)/b12-7+. The van der Waals surface area contributed by atoms with Crippen LogP contribution >= 0.6 is 0 Å². The summed E-state index contributed by atoms with van der Waals surface area (Å²) in [4.78, 5) is 35.9. The molecule has 0 aliphatic heterocycles. The number of benzene rings is 2. The highest BCUT2D eigenvalue weighted by molar-refractivity contribution is 5.98. The molecule has 170 valence electrons. The molecule has 0 heterocycles. The first-order chi connectivity index (χ1) is 15.3. The van der Waals surface area contributed by atoms with Crippen LogP contribution in [-0.4, -0.2) is 38.5 Å². The molecule has 3 N–H and O–H groups in total. The Labute approximate surface area is 188 Å². The Kier molecular flexibility index (Phi) is 9.28. The molecule has 0 spiro atoms. The maximum Gasteiger partial charge on any atom is 0.269 e. The van der Waals surface area contributed by atoms with E-state index in [0.29, 0.717) is 35.2 Å². The van der Waals surface area contributed by atoms with E-state index in [-0.39, 0.29) is 5.91 Å². The van der Waals surface area contributed by atoms with Crippen LogP contribution in [0.4, 0.5) is 0 Å². The molecule has 3 amide bonds. The number of nitrogens with one attached hydrogen (secondary N) is 3. The molecule has 0 radical (unpaired) electrons. The van der Waals surface area contributed by atoms with Gasteiger partial charge in [0.25, 0.3) is 17.7 Å². The van der Waals surface area contributed by atoms with E-state index in [2.05, 4.69) is 30.0 Å². The topological polar surface area (TPSA) is 106 Å². The number of hydrogen-bond donors (Lipinski definition) is 3. The highest BCUT2D eigenvalue weighted by Crippen LogP contribution is 2.28. The summed E-state index contributed by atoms with van der Waals surface area (Å²) in [6, 6.07) is 11.5. The van der Waals surface area contributed by atoms with Crippen molar-refractivity contribution in [3.63, 3.8) is 0 Å².